The Balaban J connectivity index is 2.10. The van der Waals surface area contributed by atoms with Crippen molar-refractivity contribution in [1.82, 2.24) is 14.8 Å². The molecule has 0 saturated heterocycles. The van der Waals surface area contributed by atoms with Crippen LogP contribution < -0.4 is 0 Å². The first-order valence-electron chi connectivity index (χ1n) is 8.83. The SMILES string of the molecule is Cc1nc(C)c(C(=O)C2=C(O)C(=O)N(CCN(C)C)[C@H]2c2cccc(Br)c2)s1. The Morgan fingerprint density at radius 1 is 1.36 bits per heavy atom. The molecule has 1 N–H and O–H groups in total. The molecule has 3 rings (SSSR count). The van der Waals surface area contributed by atoms with Crippen molar-refractivity contribution in [3.05, 3.63) is 61.2 Å². The predicted octanol–water partition coefficient (Wildman–Crippen LogP) is 3.66. The van der Waals surface area contributed by atoms with Crippen LogP contribution in [0.2, 0.25) is 0 Å². The van der Waals surface area contributed by atoms with E-state index in [-0.39, 0.29) is 11.4 Å². The lowest BCUT2D eigenvalue weighted by Crippen LogP contribution is -2.36. The van der Waals surface area contributed by atoms with Crippen molar-refractivity contribution in [3.8, 4) is 0 Å². The lowest BCUT2D eigenvalue weighted by molar-refractivity contribution is -0.129. The third-order valence-electron chi connectivity index (χ3n) is 4.61. The first-order chi connectivity index (χ1) is 13.2. The summed E-state index contributed by atoms with van der Waals surface area (Å²) >= 11 is 4.73. The molecule has 0 saturated carbocycles. The van der Waals surface area contributed by atoms with Crippen LogP contribution in [-0.2, 0) is 4.79 Å². The molecule has 2 heterocycles. The average Bonchev–Trinajstić information content (AvgIpc) is 3.09. The second-order valence-electron chi connectivity index (χ2n) is 7.00. The van der Waals surface area contributed by atoms with Gasteiger partial charge >= 0.3 is 0 Å². The Morgan fingerprint density at radius 2 is 2.07 bits per heavy atom. The van der Waals surface area contributed by atoms with E-state index in [1.165, 1.54) is 11.3 Å². The fourth-order valence-corrected chi connectivity index (χ4v) is 4.60. The first-order valence-corrected chi connectivity index (χ1v) is 10.4. The van der Waals surface area contributed by atoms with E-state index in [0.29, 0.717) is 23.7 Å². The average molecular weight is 464 g/mol. The number of carbonyl (C=O) groups is 2. The highest BCUT2D eigenvalue weighted by Crippen LogP contribution is 2.40. The van der Waals surface area contributed by atoms with Crippen molar-refractivity contribution < 1.29 is 14.7 Å². The molecule has 1 aliphatic rings. The molecule has 0 fully saturated rings. The molecule has 1 aromatic carbocycles. The van der Waals surface area contributed by atoms with Crippen molar-refractivity contribution in [3.63, 3.8) is 0 Å². The Bertz CT molecular complexity index is 967. The Hall–Kier alpha value is -2.03. The number of aromatic nitrogens is 1. The summed E-state index contributed by atoms with van der Waals surface area (Å²) in [7, 11) is 3.83. The number of thiazole rings is 1. The molecule has 1 amide bonds. The Labute approximate surface area is 176 Å². The fraction of sp³-hybridized carbons (Fsp3) is 0.350. The van der Waals surface area contributed by atoms with Crippen molar-refractivity contribution in [1.29, 1.82) is 0 Å². The number of likely N-dealkylation sites (N-methyl/N-ethyl adjacent to an activating group) is 1. The van der Waals surface area contributed by atoms with Crippen molar-refractivity contribution in [2.24, 2.45) is 0 Å². The number of aliphatic hydroxyl groups excluding tert-OH is 1. The maximum absolute atomic E-state index is 13.3. The second-order valence-corrected chi connectivity index (χ2v) is 9.12. The van der Waals surface area contributed by atoms with E-state index in [1.807, 2.05) is 50.2 Å². The summed E-state index contributed by atoms with van der Waals surface area (Å²) < 4.78 is 0.841. The van der Waals surface area contributed by atoms with Crippen molar-refractivity contribution >= 4 is 39.0 Å². The standard InChI is InChI=1S/C20H22BrN3O3S/c1-11-19(28-12(2)22-11)17(25)15-16(13-6-5-7-14(21)10-13)24(9-8-23(3)4)20(27)18(15)26/h5-7,10,16,26H,8-9H2,1-4H3/t16-/m0/s1. The van der Waals surface area contributed by atoms with Gasteiger partial charge in [0, 0.05) is 17.6 Å². The molecule has 0 unspecified atom stereocenters. The predicted molar refractivity (Wildman–Crippen MR) is 113 cm³/mol. The summed E-state index contributed by atoms with van der Waals surface area (Å²) in [6.45, 7) is 4.61. The summed E-state index contributed by atoms with van der Waals surface area (Å²) in [4.78, 5) is 34.5. The normalized spacial score (nSPS) is 17.1. The number of carbonyl (C=O) groups excluding carboxylic acids is 2. The molecule has 0 spiro atoms. The third kappa shape index (κ3) is 3.90. The number of nitrogens with zero attached hydrogens (tertiary/aromatic N) is 3. The van der Waals surface area contributed by atoms with Crippen LogP contribution in [0.4, 0.5) is 0 Å². The number of ketones is 1. The van der Waals surface area contributed by atoms with Gasteiger partial charge in [-0.05, 0) is 45.6 Å². The molecule has 28 heavy (non-hydrogen) atoms. The zero-order chi connectivity index (χ0) is 20.6. The molecule has 1 aromatic heterocycles. The summed E-state index contributed by atoms with van der Waals surface area (Å²) in [6.07, 6.45) is 0. The Kier molecular flexibility index (Phi) is 6.02. The number of amides is 1. The molecule has 2 aromatic rings. The zero-order valence-corrected chi connectivity index (χ0v) is 18.6. The molecular weight excluding hydrogens is 442 g/mol. The molecule has 1 atom stereocenters. The highest BCUT2D eigenvalue weighted by Gasteiger charge is 2.44. The van der Waals surface area contributed by atoms with Gasteiger partial charge in [0.25, 0.3) is 5.91 Å². The summed E-state index contributed by atoms with van der Waals surface area (Å²) in [5.41, 5.74) is 1.50. The van der Waals surface area contributed by atoms with Crippen LogP contribution in [0.3, 0.4) is 0 Å². The first kappa shape index (κ1) is 20.7. The van der Waals surface area contributed by atoms with Gasteiger partial charge in [0.15, 0.2) is 5.76 Å². The van der Waals surface area contributed by atoms with Gasteiger partial charge in [-0.15, -0.1) is 11.3 Å². The van der Waals surface area contributed by atoms with Crippen molar-refractivity contribution in [2.75, 3.05) is 27.2 Å². The zero-order valence-electron chi connectivity index (χ0n) is 16.2. The van der Waals surface area contributed by atoms with Gasteiger partial charge < -0.3 is 14.9 Å². The molecule has 1 aliphatic heterocycles. The van der Waals surface area contributed by atoms with Crippen LogP contribution >= 0.6 is 27.3 Å². The smallest absolute Gasteiger partial charge is 0.290 e. The van der Waals surface area contributed by atoms with Gasteiger partial charge in [0.2, 0.25) is 5.78 Å². The van der Waals surface area contributed by atoms with E-state index in [9.17, 15) is 14.7 Å². The number of benzene rings is 1. The summed E-state index contributed by atoms with van der Waals surface area (Å²) in [5, 5.41) is 11.4. The van der Waals surface area contributed by atoms with Crippen LogP contribution in [0, 0.1) is 13.8 Å². The Morgan fingerprint density at radius 3 is 2.64 bits per heavy atom. The van der Waals surface area contributed by atoms with Gasteiger partial charge in [-0.1, -0.05) is 28.1 Å². The number of hydrogen-bond acceptors (Lipinski definition) is 6. The molecule has 148 valence electrons. The summed E-state index contributed by atoms with van der Waals surface area (Å²) in [6, 6.07) is 6.83. The van der Waals surface area contributed by atoms with E-state index < -0.39 is 17.7 Å². The van der Waals surface area contributed by atoms with Gasteiger partial charge in [-0.3, -0.25) is 9.59 Å². The second kappa shape index (κ2) is 8.14. The molecule has 0 radical (unpaired) electrons. The maximum atomic E-state index is 13.3. The van der Waals surface area contributed by atoms with Gasteiger partial charge in [-0.2, -0.15) is 0 Å². The van der Waals surface area contributed by atoms with Gasteiger partial charge in [-0.25, -0.2) is 4.98 Å². The number of rotatable bonds is 6. The molecule has 0 bridgehead atoms. The molecule has 8 heteroatoms. The van der Waals surface area contributed by atoms with Gasteiger partial charge in [0.1, 0.15) is 0 Å². The highest BCUT2D eigenvalue weighted by atomic mass is 79.9. The number of aliphatic hydroxyl groups is 1. The number of Topliss-reactive ketones (excluding diaryl/α,β-unsaturated/α-hetero) is 1. The summed E-state index contributed by atoms with van der Waals surface area (Å²) in [5.74, 6) is -1.33. The van der Waals surface area contributed by atoms with E-state index in [1.54, 1.807) is 11.8 Å². The fourth-order valence-electron chi connectivity index (χ4n) is 3.31. The lowest BCUT2D eigenvalue weighted by atomic mass is 9.95. The van der Waals surface area contributed by atoms with Gasteiger partial charge in [0.05, 0.1) is 27.2 Å². The monoisotopic (exact) mass is 463 g/mol. The minimum absolute atomic E-state index is 0.119. The lowest BCUT2D eigenvalue weighted by Gasteiger charge is -2.28. The minimum atomic E-state index is -0.640. The van der Waals surface area contributed by atoms with Crippen molar-refractivity contribution in [2.45, 2.75) is 19.9 Å². The quantitative estimate of drug-likeness (QED) is 0.661. The largest absolute Gasteiger partial charge is 0.503 e. The van der Waals surface area contributed by atoms with E-state index in [2.05, 4.69) is 20.9 Å². The van der Waals surface area contributed by atoms with E-state index in [0.717, 1.165) is 15.0 Å². The molecule has 0 aliphatic carbocycles. The van der Waals surface area contributed by atoms with E-state index in [4.69, 9.17) is 0 Å². The minimum Gasteiger partial charge on any atom is -0.503 e. The van der Waals surface area contributed by atoms with E-state index >= 15 is 0 Å². The van der Waals surface area contributed by atoms with Crippen LogP contribution in [-0.4, -0.2) is 58.8 Å². The third-order valence-corrected chi connectivity index (χ3v) is 6.18. The number of hydrogen-bond donors (Lipinski definition) is 1. The van der Waals surface area contributed by atoms with Crippen LogP contribution in [0.15, 0.2) is 40.1 Å². The molecule has 6 nitrogen and oxygen atoms in total. The van der Waals surface area contributed by atoms with Crippen LogP contribution in [0.1, 0.15) is 32.0 Å². The topological polar surface area (TPSA) is 73.7 Å². The number of aryl methyl sites for hydroxylation is 2. The highest BCUT2D eigenvalue weighted by molar-refractivity contribution is 9.10. The maximum Gasteiger partial charge on any atom is 0.290 e. The molecular formula is C20H22BrN3O3S. The van der Waals surface area contributed by atoms with Crippen LogP contribution in [0.25, 0.3) is 0 Å². The number of halogens is 1. The van der Waals surface area contributed by atoms with Crippen LogP contribution in [0.5, 0.6) is 0 Å².